The van der Waals surface area contributed by atoms with Crippen molar-refractivity contribution in [1.82, 2.24) is 10.6 Å². The third-order valence-corrected chi connectivity index (χ3v) is 4.31. The lowest BCUT2D eigenvalue weighted by Gasteiger charge is -2.29. The molecule has 3 rings (SSSR count). The molecule has 0 radical (unpaired) electrons. The van der Waals surface area contributed by atoms with E-state index in [0.717, 1.165) is 18.2 Å². The normalized spacial score (nSPS) is 16.6. The summed E-state index contributed by atoms with van der Waals surface area (Å²) < 4.78 is 40.8. The van der Waals surface area contributed by atoms with Crippen LogP contribution in [-0.4, -0.2) is 11.9 Å². The van der Waals surface area contributed by atoms with Gasteiger partial charge >= 0.3 is 6.03 Å². The van der Waals surface area contributed by atoms with Crippen molar-refractivity contribution in [3.8, 4) is 0 Å². The molecule has 1 heterocycles. The molecule has 0 spiro atoms. The highest BCUT2D eigenvalue weighted by atomic mass is 35.5. The van der Waals surface area contributed by atoms with E-state index < -0.39 is 35.4 Å². The average molecular weight is 396 g/mol. The first-order valence-corrected chi connectivity index (χ1v) is 8.14. The van der Waals surface area contributed by atoms with Gasteiger partial charge < -0.3 is 16.0 Å². The van der Waals surface area contributed by atoms with Crippen LogP contribution in [0, 0.1) is 17.5 Å². The van der Waals surface area contributed by atoms with E-state index in [9.17, 15) is 22.8 Å². The van der Waals surface area contributed by atoms with Crippen molar-refractivity contribution in [3.05, 3.63) is 75.7 Å². The second-order valence-electron chi connectivity index (χ2n) is 5.79. The van der Waals surface area contributed by atoms with Crippen molar-refractivity contribution in [3.63, 3.8) is 0 Å². The molecule has 9 heteroatoms. The van der Waals surface area contributed by atoms with Crippen LogP contribution in [0.5, 0.6) is 0 Å². The van der Waals surface area contributed by atoms with Gasteiger partial charge in [-0.3, -0.25) is 4.79 Å². The number of carbonyl (C=O) groups excluding carboxylic acids is 2. The summed E-state index contributed by atoms with van der Waals surface area (Å²) in [7, 11) is 0. The molecule has 0 bridgehead atoms. The Labute approximate surface area is 157 Å². The summed E-state index contributed by atoms with van der Waals surface area (Å²) in [5.74, 6) is -3.65. The van der Waals surface area contributed by atoms with Gasteiger partial charge in [-0.15, -0.1) is 0 Å². The Bertz CT molecular complexity index is 958. The number of hydrogen-bond acceptors (Lipinski definition) is 2. The van der Waals surface area contributed by atoms with Gasteiger partial charge in [0.1, 0.15) is 5.82 Å². The third kappa shape index (κ3) is 3.75. The third-order valence-electron chi connectivity index (χ3n) is 3.98. The van der Waals surface area contributed by atoms with Gasteiger partial charge in [0.2, 0.25) is 0 Å². The van der Waals surface area contributed by atoms with Crippen molar-refractivity contribution in [2.24, 2.45) is 0 Å². The Morgan fingerprint density at radius 1 is 1.11 bits per heavy atom. The number of anilines is 1. The molecule has 0 saturated heterocycles. The van der Waals surface area contributed by atoms with Crippen LogP contribution in [0.2, 0.25) is 5.02 Å². The van der Waals surface area contributed by atoms with E-state index in [4.69, 9.17) is 11.6 Å². The predicted molar refractivity (Wildman–Crippen MR) is 93.5 cm³/mol. The van der Waals surface area contributed by atoms with Gasteiger partial charge in [-0.2, -0.15) is 0 Å². The Hall–Kier alpha value is -3.00. The minimum atomic E-state index is -1.17. The highest BCUT2D eigenvalue weighted by molar-refractivity contribution is 6.31. The number of rotatable bonds is 3. The van der Waals surface area contributed by atoms with E-state index >= 15 is 0 Å². The first-order chi connectivity index (χ1) is 12.8. The number of nitrogens with one attached hydrogen (secondary N) is 3. The minimum Gasteiger partial charge on any atom is -0.327 e. The number of benzene rings is 2. The Morgan fingerprint density at radius 3 is 2.52 bits per heavy atom. The molecule has 3 N–H and O–H groups in total. The lowest BCUT2D eigenvalue weighted by Crippen LogP contribution is -2.46. The molecule has 1 atom stereocenters. The number of allylic oxidation sites excluding steroid dienone is 1. The highest BCUT2D eigenvalue weighted by Crippen LogP contribution is 2.34. The molecular formula is C18H13ClF3N3O2. The molecule has 1 aliphatic heterocycles. The molecule has 0 saturated carbocycles. The average Bonchev–Trinajstić information content (AvgIpc) is 2.57. The molecule has 0 unspecified atom stereocenters. The van der Waals surface area contributed by atoms with E-state index in [1.165, 1.54) is 25.1 Å². The Kier molecular flexibility index (Phi) is 5.09. The monoisotopic (exact) mass is 395 g/mol. The SMILES string of the molecule is CC1=C(C(=O)Nc2ccc(F)c(F)c2)[C@H](c2c(F)cccc2Cl)NC(=O)N1. The van der Waals surface area contributed by atoms with Gasteiger partial charge in [0.05, 0.1) is 11.6 Å². The van der Waals surface area contributed by atoms with Gasteiger partial charge in [-0.05, 0) is 31.2 Å². The second kappa shape index (κ2) is 7.32. The molecule has 0 fully saturated rings. The molecule has 1 aliphatic rings. The molecule has 140 valence electrons. The zero-order valence-corrected chi connectivity index (χ0v) is 14.6. The van der Waals surface area contributed by atoms with Crippen LogP contribution < -0.4 is 16.0 Å². The second-order valence-corrected chi connectivity index (χ2v) is 6.20. The molecule has 27 heavy (non-hydrogen) atoms. The summed E-state index contributed by atoms with van der Waals surface area (Å²) in [6.07, 6.45) is 0. The quantitative estimate of drug-likeness (QED) is 0.734. The largest absolute Gasteiger partial charge is 0.327 e. The minimum absolute atomic E-state index is 0.00511. The zero-order valence-electron chi connectivity index (χ0n) is 13.9. The fourth-order valence-corrected chi connectivity index (χ4v) is 3.04. The van der Waals surface area contributed by atoms with Gasteiger partial charge in [0.15, 0.2) is 11.6 Å². The maximum absolute atomic E-state index is 14.3. The van der Waals surface area contributed by atoms with Crippen LogP contribution >= 0.6 is 11.6 Å². The van der Waals surface area contributed by atoms with E-state index in [-0.39, 0.29) is 27.5 Å². The summed E-state index contributed by atoms with van der Waals surface area (Å²) in [6, 6.07) is 5.00. The van der Waals surface area contributed by atoms with Crippen LogP contribution in [-0.2, 0) is 4.79 Å². The van der Waals surface area contributed by atoms with Gasteiger partial charge in [0, 0.05) is 28.0 Å². The van der Waals surface area contributed by atoms with Crippen molar-refractivity contribution in [2.75, 3.05) is 5.32 Å². The fraction of sp³-hybridized carbons (Fsp3) is 0.111. The van der Waals surface area contributed by atoms with Crippen LogP contribution in [0.4, 0.5) is 23.7 Å². The lowest BCUT2D eigenvalue weighted by atomic mass is 9.94. The first-order valence-electron chi connectivity index (χ1n) is 7.76. The maximum Gasteiger partial charge on any atom is 0.319 e. The summed E-state index contributed by atoms with van der Waals surface area (Å²) >= 11 is 6.07. The summed E-state index contributed by atoms with van der Waals surface area (Å²) in [6.45, 7) is 1.46. The lowest BCUT2D eigenvalue weighted by molar-refractivity contribution is -0.113. The number of urea groups is 1. The van der Waals surface area contributed by atoms with Gasteiger partial charge in [-0.25, -0.2) is 18.0 Å². The zero-order chi connectivity index (χ0) is 19.7. The van der Waals surface area contributed by atoms with E-state index in [0.29, 0.717) is 0 Å². The summed E-state index contributed by atoms with van der Waals surface area (Å²) in [4.78, 5) is 24.6. The molecule has 0 aliphatic carbocycles. The number of hydrogen-bond donors (Lipinski definition) is 3. The Morgan fingerprint density at radius 2 is 1.85 bits per heavy atom. The number of amides is 3. The highest BCUT2D eigenvalue weighted by Gasteiger charge is 2.34. The van der Waals surface area contributed by atoms with E-state index in [1.807, 2.05) is 0 Å². The molecule has 0 aromatic heterocycles. The van der Waals surface area contributed by atoms with Crippen LogP contribution in [0.3, 0.4) is 0 Å². The molecule has 2 aromatic carbocycles. The topological polar surface area (TPSA) is 70.2 Å². The fourth-order valence-electron chi connectivity index (χ4n) is 2.77. The van der Waals surface area contributed by atoms with Crippen LogP contribution in [0.25, 0.3) is 0 Å². The van der Waals surface area contributed by atoms with E-state index in [2.05, 4.69) is 16.0 Å². The van der Waals surface area contributed by atoms with Crippen LogP contribution in [0.15, 0.2) is 47.7 Å². The summed E-state index contributed by atoms with van der Waals surface area (Å²) in [5.41, 5.74) is 0.0628. The maximum atomic E-state index is 14.3. The van der Waals surface area contributed by atoms with Crippen molar-refractivity contribution in [2.45, 2.75) is 13.0 Å². The van der Waals surface area contributed by atoms with Crippen molar-refractivity contribution in [1.29, 1.82) is 0 Å². The molecule has 2 aromatic rings. The van der Waals surface area contributed by atoms with Crippen molar-refractivity contribution >= 4 is 29.2 Å². The van der Waals surface area contributed by atoms with Gasteiger partial charge in [-0.1, -0.05) is 17.7 Å². The predicted octanol–water partition coefficient (Wildman–Crippen LogP) is 4.02. The number of carbonyl (C=O) groups is 2. The van der Waals surface area contributed by atoms with Crippen LogP contribution in [0.1, 0.15) is 18.5 Å². The van der Waals surface area contributed by atoms with Gasteiger partial charge in [0.25, 0.3) is 5.91 Å². The molecule has 3 amide bonds. The molecule has 5 nitrogen and oxygen atoms in total. The smallest absolute Gasteiger partial charge is 0.319 e. The Balaban J connectivity index is 2.01. The van der Waals surface area contributed by atoms with E-state index in [1.54, 1.807) is 0 Å². The summed E-state index contributed by atoms with van der Waals surface area (Å²) in [5, 5.41) is 7.30. The molecular weight excluding hydrogens is 383 g/mol. The standard InChI is InChI=1S/C18H13ClF3N3O2/c1-8-14(17(26)24-9-5-6-11(20)13(22)7-9)16(25-18(27)23-8)15-10(19)3-2-4-12(15)21/h2-7,16H,1H3,(H,24,26)(H2,23,25,27)/t16-/m1/s1. The van der Waals surface area contributed by atoms with Crippen molar-refractivity contribution < 1.29 is 22.8 Å². The number of halogens is 4. The first kappa shape index (κ1) is 18.8.